The van der Waals surface area contributed by atoms with Gasteiger partial charge in [0.05, 0.1) is 16.4 Å². The second-order valence-corrected chi connectivity index (χ2v) is 7.19. The normalized spacial score (nSPS) is 16.2. The highest BCUT2D eigenvalue weighted by Gasteiger charge is 2.22. The fraction of sp³-hybridized carbons (Fsp3) is 0.263. The summed E-state index contributed by atoms with van der Waals surface area (Å²) in [6.45, 7) is 1.59. The number of aromatic amines is 1. The summed E-state index contributed by atoms with van der Waals surface area (Å²) in [6.07, 6.45) is 1.81. The molecule has 29 heavy (non-hydrogen) atoms. The number of fused-ring (bicyclic) bond motifs is 1. The average Bonchev–Trinajstić information content (AvgIpc) is 3.11. The highest BCUT2D eigenvalue weighted by atomic mass is 35.5. The highest BCUT2D eigenvalue weighted by Crippen LogP contribution is 2.34. The molecule has 1 aliphatic heterocycles. The lowest BCUT2D eigenvalue weighted by Gasteiger charge is -2.21. The molecule has 1 saturated heterocycles. The second-order valence-electron chi connectivity index (χ2n) is 6.79. The maximum absolute atomic E-state index is 12.5. The van der Waals surface area contributed by atoms with Crippen molar-refractivity contribution in [2.75, 3.05) is 18.4 Å². The molecule has 1 amide bonds. The molecule has 0 unspecified atom stereocenters. The van der Waals surface area contributed by atoms with Crippen molar-refractivity contribution >= 4 is 52.3 Å². The Morgan fingerprint density at radius 1 is 1.28 bits per heavy atom. The van der Waals surface area contributed by atoms with Crippen molar-refractivity contribution in [3.8, 4) is 11.1 Å². The third-order valence-corrected chi connectivity index (χ3v) is 5.27. The zero-order valence-electron chi connectivity index (χ0n) is 15.3. The van der Waals surface area contributed by atoms with E-state index < -0.39 is 4.92 Å². The van der Waals surface area contributed by atoms with Crippen molar-refractivity contribution in [3.05, 3.63) is 51.5 Å². The number of halogens is 2. The van der Waals surface area contributed by atoms with Crippen molar-refractivity contribution in [3.63, 3.8) is 0 Å². The Hall–Kier alpha value is -2.68. The van der Waals surface area contributed by atoms with Gasteiger partial charge >= 0.3 is 0 Å². The van der Waals surface area contributed by atoms with Crippen LogP contribution in [0.5, 0.6) is 0 Å². The van der Waals surface area contributed by atoms with E-state index in [0.717, 1.165) is 30.3 Å². The Bertz CT molecular complexity index is 1060. The summed E-state index contributed by atoms with van der Waals surface area (Å²) in [6, 6.07) is 9.75. The second kappa shape index (κ2) is 8.77. The molecule has 8 nitrogen and oxygen atoms in total. The largest absolute Gasteiger partial charge is 0.316 e. The molecule has 0 saturated carbocycles. The lowest BCUT2D eigenvalue weighted by Crippen LogP contribution is -2.37. The number of benzene rings is 2. The van der Waals surface area contributed by atoms with Gasteiger partial charge < -0.3 is 10.6 Å². The first-order valence-electron chi connectivity index (χ1n) is 8.97. The molecule has 1 atom stereocenters. The number of anilines is 1. The maximum atomic E-state index is 12.5. The maximum Gasteiger partial charge on any atom is 0.270 e. The van der Waals surface area contributed by atoms with Gasteiger partial charge in [-0.3, -0.25) is 20.0 Å². The summed E-state index contributed by atoms with van der Waals surface area (Å²) in [5.74, 6) is 0.281. The zero-order chi connectivity index (χ0) is 19.7. The van der Waals surface area contributed by atoms with Crippen LogP contribution < -0.4 is 10.6 Å². The Labute approximate surface area is 177 Å². The van der Waals surface area contributed by atoms with Gasteiger partial charge in [0.25, 0.3) is 5.69 Å². The lowest BCUT2D eigenvalue weighted by molar-refractivity contribution is -0.384. The van der Waals surface area contributed by atoms with Crippen LogP contribution in [-0.4, -0.2) is 34.1 Å². The number of carbonyl (C=O) groups is 1. The van der Waals surface area contributed by atoms with E-state index in [0.29, 0.717) is 28.5 Å². The van der Waals surface area contributed by atoms with E-state index in [1.54, 1.807) is 0 Å². The molecule has 10 heteroatoms. The van der Waals surface area contributed by atoms with Crippen molar-refractivity contribution < 1.29 is 9.72 Å². The molecule has 3 aromatic rings. The number of H-pyrrole nitrogens is 1. The molecular formula is C19H19Cl2N5O3. The topological polar surface area (TPSA) is 113 Å². The summed E-state index contributed by atoms with van der Waals surface area (Å²) in [5, 5.41) is 25.4. The van der Waals surface area contributed by atoms with Crippen LogP contribution >= 0.6 is 24.0 Å². The quantitative estimate of drug-likeness (QED) is 0.420. The number of nitrogens with zero attached hydrogens (tertiary/aromatic N) is 2. The summed E-state index contributed by atoms with van der Waals surface area (Å²) in [4.78, 5) is 23.2. The summed E-state index contributed by atoms with van der Waals surface area (Å²) in [7, 11) is 0. The van der Waals surface area contributed by atoms with E-state index in [-0.39, 0.29) is 29.9 Å². The molecule has 1 fully saturated rings. The lowest BCUT2D eigenvalue weighted by atomic mass is 9.99. The zero-order valence-corrected chi connectivity index (χ0v) is 16.8. The third kappa shape index (κ3) is 4.34. The predicted octanol–water partition coefficient (Wildman–Crippen LogP) is 4.15. The third-order valence-electron chi connectivity index (χ3n) is 4.94. The van der Waals surface area contributed by atoms with Crippen LogP contribution in [0.25, 0.3) is 22.0 Å². The molecule has 1 aromatic heterocycles. The fourth-order valence-electron chi connectivity index (χ4n) is 3.42. The SMILES string of the molecule is Cl.O=C(Nc1n[nH]c2ccc(-c3cc([N+](=O)[O-])ccc3Cl)cc12)[C@@H]1CCCNC1. The number of nitro groups is 1. The van der Waals surface area contributed by atoms with Gasteiger partial charge in [-0.2, -0.15) is 5.10 Å². The van der Waals surface area contributed by atoms with Crippen LogP contribution in [0.2, 0.25) is 5.02 Å². The molecule has 2 heterocycles. The fourth-order valence-corrected chi connectivity index (χ4v) is 3.65. The van der Waals surface area contributed by atoms with Crippen LogP contribution in [0.4, 0.5) is 11.5 Å². The van der Waals surface area contributed by atoms with E-state index >= 15 is 0 Å². The van der Waals surface area contributed by atoms with Crippen LogP contribution in [0.15, 0.2) is 36.4 Å². The molecule has 1 aliphatic rings. The Balaban J connectivity index is 0.00000240. The summed E-state index contributed by atoms with van der Waals surface area (Å²) < 4.78 is 0. The number of hydrogen-bond donors (Lipinski definition) is 3. The van der Waals surface area contributed by atoms with Gasteiger partial charge in [0.15, 0.2) is 5.82 Å². The minimum Gasteiger partial charge on any atom is -0.316 e. The van der Waals surface area contributed by atoms with Crippen molar-refractivity contribution in [2.24, 2.45) is 5.92 Å². The van der Waals surface area contributed by atoms with E-state index in [9.17, 15) is 14.9 Å². The Kier molecular flexibility index (Phi) is 6.36. The predicted molar refractivity (Wildman–Crippen MR) is 115 cm³/mol. The first-order chi connectivity index (χ1) is 13.5. The molecule has 4 rings (SSSR count). The average molecular weight is 436 g/mol. The molecule has 0 bridgehead atoms. The van der Waals surface area contributed by atoms with E-state index in [4.69, 9.17) is 11.6 Å². The number of nitro benzene ring substituents is 1. The number of carbonyl (C=O) groups excluding carboxylic acids is 1. The van der Waals surface area contributed by atoms with Gasteiger partial charge in [-0.25, -0.2) is 0 Å². The molecule has 3 N–H and O–H groups in total. The number of aromatic nitrogens is 2. The minimum absolute atomic E-state index is 0. The molecular weight excluding hydrogens is 417 g/mol. The molecule has 0 spiro atoms. The van der Waals surface area contributed by atoms with E-state index in [2.05, 4.69) is 20.8 Å². The van der Waals surface area contributed by atoms with Crippen LogP contribution in [0, 0.1) is 16.0 Å². The number of hydrogen-bond acceptors (Lipinski definition) is 5. The molecule has 152 valence electrons. The first-order valence-corrected chi connectivity index (χ1v) is 9.35. The number of amides is 1. The van der Waals surface area contributed by atoms with Gasteiger partial charge in [-0.15, -0.1) is 12.4 Å². The van der Waals surface area contributed by atoms with E-state index in [1.165, 1.54) is 18.2 Å². The van der Waals surface area contributed by atoms with Crippen LogP contribution in [-0.2, 0) is 4.79 Å². The van der Waals surface area contributed by atoms with Crippen molar-refractivity contribution in [1.29, 1.82) is 0 Å². The van der Waals surface area contributed by atoms with Crippen LogP contribution in [0.1, 0.15) is 12.8 Å². The van der Waals surface area contributed by atoms with Gasteiger partial charge in [-0.1, -0.05) is 17.7 Å². The van der Waals surface area contributed by atoms with Gasteiger partial charge in [0.1, 0.15) is 0 Å². The first kappa shape index (κ1) is 21.0. The molecule has 0 radical (unpaired) electrons. The molecule has 2 aromatic carbocycles. The summed E-state index contributed by atoms with van der Waals surface area (Å²) >= 11 is 6.26. The minimum atomic E-state index is -0.458. The Morgan fingerprint density at radius 2 is 2.10 bits per heavy atom. The molecule has 0 aliphatic carbocycles. The Morgan fingerprint density at radius 3 is 2.83 bits per heavy atom. The number of piperidine rings is 1. The number of rotatable bonds is 4. The monoisotopic (exact) mass is 435 g/mol. The standard InChI is InChI=1S/C19H18ClN5O3.ClH/c20-16-5-4-13(25(27)28)9-14(16)11-3-6-17-15(8-11)18(24-23-17)22-19(26)12-2-1-7-21-10-12;/h3-6,8-9,12,21H,1-2,7,10H2,(H2,22,23,24,26);1H/t12-;/m1./s1. The van der Waals surface area contributed by atoms with Gasteiger partial charge in [0, 0.05) is 34.6 Å². The van der Waals surface area contributed by atoms with Gasteiger partial charge in [0.2, 0.25) is 5.91 Å². The van der Waals surface area contributed by atoms with E-state index in [1.807, 2.05) is 18.2 Å². The van der Waals surface area contributed by atoms with Crippen LogP contribution in [0.3, 0.4) is 0 Å². The van der Waals surface area contributed by atoms with Gasteiger partial charge in [-0.05, 0) is 43.1 Å². The smallest absolute Gasteiger partial charge is 0.270 e. The highest BCUT2D eigenvalue weighted by molar-refractivity contribution is 6.33. The van der Waals surface area contributed by atoms with Crippen molar-refractivity contribution in [2.45, 2.75) is 12.8 Å². The number of non-ortho nitro benzene ring substituents is 1. The number of nitrogens with one attached hydrogen (secondary N) is 3. The van der Waals surface area contributed by atoms with Crippen molar-refractivity contribution in [1.82, 2.24) is 15.5 Å². The summed E-state index contributed by atoms with van der Waals surface area (Å²) in [5.41, 5.74) is 1.97.